The van der Waals surface area contributed by atoms with Crippen LogP contribution in [0.2, 0.25) is 0 Å². The molecular formula is C17H23NO5S. The van der Waals surface area contributed by atoms with Crippen molar-refractivity contribution >= 4 is 10.0 Å². The van der Waals surface area contributed by atoms with Gasteiger partial charge < -0.3 is 13.9 Å². The molecule has 0 bridgehead atoms. The van der Waals surface area contributed by atoms with Gasteiger partial charge in [-0.2, -0.15) is 0 Å². The summed E-state index contributed by atoms with van der Waals surface area (Å²) in [4.78, 5) is 0.115. The molecule has 2 aromatic rings. The number of hydrogen-bond acceptors (Lipinski definition) is 5. The first-order chi connectivity index (χ1) is 11.4. The second-order valence-electron chi connectivity index (χ2n) is 5.27. The highest BCUT2D eigenvalue weighted by Gasteiger charge is 2.22. The maximum Gasteiger partial charge on any atom is 0.241 e. The molecule has 1 unspecified atom stereocenters. The average Bonchev–Trinajstić information content (AvgIpc) is 2.96. The highest BCUT2D eigenvalue weighted by atomic mass is 32.2. The second-order valence-corrected chi connectivity index (χ2v) is 6.98. The van der Waals surface area contributed by atoms with Crippen LogP contribution in [0, 0.1) is 6.92 Å². The summed E-state index contributed by atoms with van der Waals surface area (Å²) < 4.78 is 44.2. The van der Waals surface area contributed by atoms with E-state index in [0.717, 1.165) is 5.76 Å². The van der Waals surface area contributed by atoms with E-state index in [0.29, 0.717) is 30.5 Å². The van der Waals surface area contributed by atoms with Crippen molar-refractivity contribution in [3.63, 3.8) is 0 Å². The molecule has 0 aliphatic carbocycles. The van der Waals surface area contributed by atoms with Gasteiger partial charge in [0.2, 0.25) is 10.0 Å². The fourth-order valence-corrected chi connectivity index (χ4v) is 3.47. The third kappa shape index (κ3) is 4.30. The van der Waals surface area contributed by atoms with Gasteiger partial charge in [-0.05, 0) is 52.0 Å². The Morgan fingerprint density at radius 1 is 1.08 bits per heavy atom. The van der Waals surface area contributed by atoms with Gasteiger partial charge in [-0.15, -0.1) is 0 Å². The number of benzene rings is 1. The van der Waals surface area contributed by atoms with Crippen molar-refractivity contribution in [2.75, 3.05) is 13.2 Å². The van der Waals surface area contributed by atoms with Gasteiger partial charge in [0.05, 0.1) is 24.2 Å². The van der Waals surface area contributed by atoms with Crippen molar-refractivity contribution in [1.29, 1.82) is 0 Å². The van der Waals surface area contributed by atoms with Crippen LogP contribution in [0.5, 0.6) is 11.5 Å². The van der Waals surface area contributed by atoms with E-state index in [-0.39, 0.29) is 4.90 Å². The number of sulfonamides is 1. The molecule has 0 saturated heterocycles. The van der Waals surface area contributed by atoms with Crippen LogP contribution in [0.3, 0.4) is 0 Å². The molecule has 1 atom stereocenters. The minimum absolute atomic E-state index is 0.115. The van der Waals surface area contributed by atoms with E-state index < -0.39 is 16.1 Å². The molecule has 0 spiro atoms. The largest absolute Gasteiger partial charge is 0.490 e. The zero-order valence-corrected chi connectivity index (χ0v) is 15.1. The highest BCUT2D eigenvalue weighted by Crippen LogP contribution is 2.30. The van der Waals surface area contributed by atoms with Crippen LogP contribution in [-0.4, -0.2) is 21.6 Å². The molecule has 0 radical (unpaired) electrons. The van der Waals surface area contributed by atoms with Crippen LogP contribution in [0.1, 0.15) is 38.3 Å². The van der Waals surface area contributed by atoms with E-state index in [4.69, 9.17) is 13.9 Å². The maximum absolute atomic E-state index is 12.6. The topological polar surface area (TPSA) is 77.8 Å². The van der Waals surface area contributed by atoms with Crippen molar-refractivity contribution in [3.8, 4) is 11.5 Å². The molecule has 0 amide bonds. The van der Waals surface area contributed by atoms with Crippen LogP contribution in [0.25, 0.3) is 0 Å². The van der Waals surface area contributed by atoms with Gasteiger partial charge in [-0.25, -0.2) is 13.1 Å². The molecule has 1 N–H and O–H groups in total. The molecule has 1 aromatic carbocycles. The Morgan fingerprint density at radius 2 is 1.75 bits per heavy atom. The Morgan fingerprint density at radius 3 is 2.33 bits per heavy atom. The van der Waals surface area contributed by atoms with E-state index in [9.17, 15) is 8.42 Å². The van der Waals surface area contributed by atoms with Gasteiger partial charge in [0.25, 0.3) is 0 Å². The van der Waals surface area contributed by atoms with E-state index in [1.165, 1.54) is 12.1 Å². The minimum Gasteiger partial charge on any atom is -0.490 e. The summed E-state index contributed by atoms with van der Waals surface area (Å²) in [5.41, 5.74) is 0. The van der Waals surface area contributed by atoms with Gasteiger partial charge in [0.1, 0.15) is 11.5 Å². The molecule has 24 heavy (non-hydrogen) atoms. The Labute approximate surface area is 142 Å². The quantitative estimate of drug-likeness (QED) is 0.787. The Kier molecular flexibility index (Phi) is 5.90. The lowest BCUT2D eigenvalue weighted by Crippen LogP contribution is -2.26. The fraction of sp³-hybridized carbons (Fsp3) is 0.412. The summed E-state index contributed by atoms with van der Waals surface area (Å²) in [5.74, 6) is 2.22. The number of furan rings is 1. The molecule has 0 aliphatic rings. The Balaban J connectivity index is 2.26. The molecule has 0 aliphatic heterocycles. The Bertz CT molecular complexity index is 782. The predicted molar refractivity (Wildman–Crippen MR) is 91.0 cm³/mol. The number of ether oxygens (including phenoxy) is 2. The molecule has 7 heteroatoms. The van der Waals surface area contributed by atoms with Crippen LogP contribution >= 0.6 is 0 Å². The van der Waals surface area contributed by atoms with Crippen LogP contribution in [0.15, 0.2) is 39.6 Å². The lowest BCUT2D eigenvalue weighted by molar-refractivity contribution is 0.287. The molecule has 0 saturated carbocycles. The van der Waals surface area contributed by atoms with Gasteiger partial charge in [0, 0.05) is 6.07 Å². The van der Waals surface area contributed by atoms with E-state index in [2.05, 4.69) is 4.72 Å². The first-order valence-electron chi connectivity index (χ1n) is 7.85. The molecular weight excluding hydrogens is 330 g/mol. The second kappa shape index (κ2) is 7.72. The summed E-state index contributed by atoms with van der Waals surface area (Å²) in [6, 6.07) is 7.64. The molecule has 0 fully saturated rings. The predicted octanol–water partition coefficient (Wildman–Crippen LogP) is 3.42. The highest BCUT2D eigenvalue weighted by molar-refractivity contribution is 7.89. The standard InChI is InChI=1S/C17H23NO5S/c1-5-21-16-10-8-14(11-17(16)22-6-2)24(19,20)18-13(4)15-9-7-12(3)23-15/h7-11,13,18H,5-6H2,1-4H3. The molecule has 2 rings (SSSR count). The van der Waals surface area contributed by atoms with Crippen molar-refractivity contribution in [2.45, 2.75) is 38.6 Å². The summed E-state index contributed by atoms with van der Waals surface area (Å²) in [7, 11) is -3.72. The van der Waals surface area contributed by atoms with Gasteiger partial charge in [0.15, 0.2) is 11.5 Å². The normalized spacial score (nSPS) is 12.8. The fourth-order valence-electron chi connectivity index (χ4n) is 2.24. The van der Waals surface area contributed by atoms with Gasteiger partial charge in [-0.1, -0.05) is 0 Å². The number of aryl methyl sites for hydroxylation is 1. The maximum atomic E-state index is 12.6. The first kappa shape index (κ1) is 18.4. The number of hydrogen-bond donors (Lipinski definition) is 1. The third-order valence-corrected chi connectivity index (χ3v) is 4.88. The minimum atomic E-state index is -3.72. The zero-order chi connectivity index (χ0) is 17.7. The lowest BCUT2D eigenvalue weighted by atomic mass is 10.3. The zero-order valence-electron chi connectivity index (χ0n) is 14.3. The smallest absolute Gasteiger partial charge is 0.241 e. The van der Waals surface area contributed by atoms with Crippen LogP contribution in [0.4, 0.5) is 0 Å². The van der Waals surface area contributed by atoms with E-state index >= 15 is 0 Å². The first-order valence-corrected chi connectivity index (χ1v) is 9.34. The molecule has 1 heterocycles. The van der Waals surface area contributed by atoms with Crippen molar-refractivity contribution < 1.29 is 22.3 Å². The summed E-state index contributed by atoms with van der Waals surface area (Å²) in [6.45, 7) is 8.11. The SMILES string of the molecule is CCOc1ccc(S(=O)(=O)NC(C)c2ccc(C)o2)cc1OCC. The van der Waals surface area contributed by atoms with Crippen LogP contribution in [-0.2, 0) is 10.0 Å². The summed E-state index contributed by atoms with van der Waals surface area (Å²) in [5, 5.41) is 0. The summed E-state index contributed by atoms with van der Waals surface area (Å²) >= 11 is 0. The third-order valence-electron chi connectivity index (χ3n) is 3.35. The van der Waals surface area contributed by atoms with Gasteiger partial charge >= 0.3 is 0 Å². The monoisotopic (exact) mass is 353 g/mol. The van der Waals surface area contributed by atoms with E-state index in [1.54, 1.807) is 25.1 Å². The van der Waals surface area contributed by atoms with Gasteiger partial charge in [-0.3, -0.25) is 0 Å². The molecule has 1 aromatic heterocycles. The van der Waals surface area contributed by atoms with Crippen molar-refractivity contribution in [2.24, 2.45) is 0 Å². The number of nitrogens with one attached hydrogen (secondary N) is 1. The van der Waals surface area contributed by atoms with Crippen LogP contribution < -0.4 is 14.2 Å². The Hall–Kier alpha value is -1.99. The molecule has 132 valence electrons. The number of rotatable bonds is 8. The summed E-state index contributed by atoms with van der Waals surface area (Å²) in [6.07, 6.45) is 0. The van der Waals surface area contributed by atoms with Crippen molar-refractivity contribution in [1.82, 2.24) is 4.72 Å². The average molecular weight is 353 g/mol. The lowest BCUT2D eigenvalue weighted by Gasteiger charge is -2.15. The van der Waals surface area contributed by atoms with E-state index in [1.807, 2.05) is 20.8 Å². The molecule has 6 nitrogen and oxygen atoms in total. The van der Waals surface area contributed by atoms with Crippen molar-refractivity contribution in [3.05, 3.63) is 41.9 Å².